The lowest BCUT2D eigenvalue weighted by Crippen LogP contribution is -2.33. The van der Waals surface area contributed by atoms with Crippen LogP contribution in [0.1, 0.15) is 31.9 Å². The number of hydrogen-bond donors (Lipinski definition) is 0. The van der Waals surface area contributed by atoms with Crippen molar-refractivity contribution < 1.29 is 14.3 Å². The highest BCUT2D eigenvalue weighted by molar-refractivity contribution is 5.99. The van der Waals surface area contributed by atoms with E-state index in [2.05, 4.69) is 48.0 Å². The number of amides is 1. The first-order valence-corrected chi connectivity index (χ1v) is 11.9. The number of carbonyl (C=O) groups is 1. The molecule has 0 spiro atoms. The zero-order valence-corrected chi connectivity index (χ0v) is 20.4. The fraction of sp³-hybridized carbons (Fsp3) is 0.276. The first-order chi connectivity index (χ1) is 16.6. The van der Waals surface area contributed by atoms with Crippen LogP contribution in [0, 0.1) is 0 Å². The quantitative estimate of drug-likeness (QED) is 0.294. The standard InChI is InChI=1S/C29H32N2O3/c1-5-21-8-10-22(11-9-21)20-31-19-18-25-26(31)16-17-27(34-29(32)30(6-2)7-3)28(25)23-12-14-24(33-4)15-13-23/h8-19H,5-7,20H2,1-4H3. The van der Waals surface area contributed by atoms with Gasteiger partial charge in [0, 0.05) is 42.3 Å². The molecule has 0 saturated carbocycles. The smallest absolute Gasteiger partial charge is 0.415 e. The van der Waals surface area contributed by atoms with Crippen molar-refractivity contribution in [2.24, 2.45) is 0 Å². The van der Waals surface area contributed by atoms with Crippen LogP contribution in [-0.2, 0) is 13.0 Å². The van der Waals surface area contributed by atoms with Crippen LogP contribution >= 0.6 is 0 Å². The molecule has 1 aromatic heterocycles. The van der Waals surface area contributed by atoms with Crippen molar-refractivity contribution >= 4 is 17.0 Å². The summed E-state index contributed by atoms with van der Waals surface area (Å²) in [5.74, 6) is 1.34. The van der Waals surface area contributed by atoms with Crippen LogP contribution in [0.4, 0.5) is 4.79 Å². The van der Waals surface area contributed by atoms with Gasteiger partial charge >= 0.3 is 6.09 Å². The van der Waals surface area contributed by atoms with Crippen LogP contribution in [-0.4, -0.2) is 35.8 Å². The van der Waals surface area contributed by atoms with Gasteiger partial charge in [-0.25, -0.2) is 4.79 Å². The molecular weight excluding hydrogens is 424 g/mol. The summed E-state index contributed by atoms with van der Waals surface area (Å²) in [6.07, 6.45) is 2.79. The number of aryl methyl sites for hydroxylation is 1. The van der Waals surface area contributed by atoms with Crippen molar-refractivity contribution in [1.82, 2.24) is 9.47 Å². The Morgan fingerprint density at radius 2 is 1.53 bits per heavy atom. The fourth-order valence-electron chi connectivity index (χ4n) is 4.25. The van der Waals surface area contributed by atoms with Crippen LogP contribution in [0.2, 0.25) is 0 Å². The molecule has 5 nitrogen and oxygen atoms in total. The highest BCUT2D eigenvalue weighted by Gasteiger charge is 2.19. The number of rotatable bonds is 8. The van der Waals surface area contributed by atoms with E-state index in [0.29, 0.717) is 18.8 Å². The lowest BCUT2D eigenvalue weighted by Gasteiger charge is -2.20. The van der Waals surface area contributed by atoms with E-state index in [1.165, 1.54) is 11.1 Å². The molecule has 4 rings (SSSR count). The Labute approximate surface area is 201 Å². The van der Waals surface area contributed by atoms with E-state index in [9.17, 15) is 4.79 Å². The minimum Gasteiger partial charge on any atom is -0.497 e. The monoisotopic (exact) mass is 456 g/mol. The molecule has 0 radical (unpaired) electrons. The molecule has 0 saturated heterocycles. The van der Waals surface area contributed by atoms with Crippen LogP contribution in [0.3, 0.4) is 0 Å². The predicted molar refractivity (Wildman–Crippen MR) is 138 cm³/mol. The zero-order valence-electron chi connectivity index (χ0n) is 20.4. The summed E-state index contributed by atoms with van der Waals surface area (Å²) < 4.78 is 13.5. The van der Waals surface area contributed by atoms with Gasteiger partial charge in [0.05, 0.1) is 7.11 Å². The molecule has 0 fully saturated rings. The van der Waals surface area contributed by atoms with E-state index in [4.69, 9.17) is 9.47 Å². The Hall–Kier alpha value is -3.73. The number of benzene rings is 3. The van der Waals surface area contributed by atoms with Gasteiger partial charge in [0.2, 0.25) is 0 Å². The maximum atomic E-state index is 12.8. The summed E-state index contributed by atoms with van der Waals surface area (Å²) in [7, 11) is 1.65. The van der Waals surface area contributed by atoms with Crippen molar-refractivity contribution in [3.63, 3.8) is 0 Å². The Morgan fingerprint density at radius 3 is 2.15 bits per heavy atom. The summed E-state index contributed by atoms with van der Waals surface area (Å²) in [5, 5.41) is 1.04. The van der Waals surface area contributed by atoms with Crippen molar-refractivity contribution in [1.29, 1.82) is 0 Å². The highest BCUT2D eigenvalue weighted by atomic mass is 16.6. The third kappa shape index (κ3) is 4.79. The predicted octanol–water partition coefficient (Wildman–Crippen LogP) is 6.77. The van der Waals surface area contributed by atoms with Crippen LogP contribution in [0.25, 0.3) is 22.0 Å². The third-order valence-corrected chi connectivity index (χ3v) is 6.30. The minimum absolute atomic E-state index is 0.338. The number of methoxy groups -OCH3 is 1. The molecule has 0 bridgehead atoms. The second-order valence-corrected chi connectivity index (χ2v) is 8.25. The van der Waals surface area contributed by atoms with Crippen molar-refractivity contribution in [3.8, 4) is 22.6 Å². The fourth-order valence-corrected chi connectivity index (χ4v) is 4.25. The molecule has 0 unspecified atom stereocenters. The molecule has 0 atom stereocenters. The third-order valence-electron chi connectivity index (χ3n) is 6.30. The molecule has 4 aromatic rings. The number of ether oxygens (including phenoxy) is 2. The molecule has 5 heteroatoms. The highest BCUT2D eigenvalue weighted by Crippen LogP contribution is 2.39. The van der Waals surface area contributed by atoms with Crippen LogP contribution < -0.4 is 9.47 Å². The molecule has 34 heavy (non-hydrogen) atoms. The molecule has 176 valence electrons. The van der Waals surface area contributed by atoms with Gasteiger partial charge in [-0.1, -0.05) is 43.3 Å². The number of hydrogen-bond acceptors (Lipinski definition) is 3. The topological polar surface area (TPSA) is 43.7 Å². The first kappa shape index (κ1) is 23.4. The zero-order chi connectivity index (χ0) is 24.1. The van der Waals surface area contributed by atoms with Gasteiger partial charge < -0.3 is 18.9 Å². The Bertz CT molecular complexity index is 1250. The number of carbonyl (C=O) groups excluding carboxylic acids is 1. The van der Waals surface area contributed by atoms with Crippen molar-refractivity contribution in [2.75, 3.05) is 20.2 Å². The summed E-state index contributed by atoms with van der Waals surface area (Å²) in [4.78, 5) is 14.4. The Morgan fingerprint density at radius 1 is 0.853 bits per heavy atom. The van der Waals surface area contributed by atoms with Gasteiger partial charge in [-0.2, -0.15) is 0 Å². The lowest BCUT2D eigenvalue weighted by atomic mass is 10.0. The first-order valence-electron chi connectivity index (χ1n) is 11.9. The maximum Gasteiger partial charge on any atom is 0.415 e. The molecule has 0 aliphatic carbocycles. The van der Waals surface area contributed by atoms with E-state index >= 15 is 0 Å². The molecule has 1 amide bonds. The average molecular weight is 457 g/mol. The van der Waals surface area contributed by atoms with Gasteiger partial charge in [-0.05, 0) is 67.3 Å². The average Bonchev–Trinajstić information content (AvgIpc) is 3.27. The second-order valence-electron chi connectivity index (χ2n) is 8.25. The molecule has 0 aliphatic rings. The van der Waals surface area contributed by atoms with E-state index < -0.39 is 0 Å². The second kappa shape index (κ2) is 10.5. The van der Waals surface area contributed by atoms with Crippen molar-refractivity contribution in [2.45, 2.75) is 33.7 Å². The Kier molecular flexibility index (Phi) is 7.21. The summed E-state index contributed by atoms with van der Waals surface area (Å²) in [6.45, 7) is 8.04. The number of nitrogens with zero attached hydrogens (tertiary/aromatic N) is 2. The largest absolute Gasteiger partial charge is 0.497 e. The summed E-state index contributed by atoms with van der Waals surface area (Å²) in [5.41, 5.74) is 5.55. The molecule has 3 aromatic carbocycles. The van der Waals surface area contributed by atoms with E-state index in [1.54, 1.807) is 12.0 Å². The van der Waals surface area contributed by atoms with Gasteiger partial charge in [-0.3, -0.25) is 0 Å². The van der Waals surface area contributed by atoms with Crippen LogP contribution in [0.15, 0.2) is 72.9 Å². The van der Waals surface area contributed by atoms with Gasteiger partial charge in [0.15, 0.2) is 0 Å². The van der Waals surface area contributed by atoms with E-state index in [-0.39, 0.29) is 6.09 Å². The van der Waals surface area contributed by atoms with E-state index in [1.807, 2.05) is 50.2 Å². The maximum absolute atomic E-state index is 12.8. The lowest BCUT2D eigenvalue weighted by molar-refractivity contribution is 0.157. The van der Waals surface area contributed by atoms with Crippen molar-refractivity contribution in [3.05, 3.63) is 84.1 Å². The number of aromatic nitrogens is 1. The summed E-state index contributed by atoms with van der Waals surface area (Å²) in [6, 6.07) is 22.7. The van der Waals surface area contributed by atoms with Gasteiger partial charge in [0.1, 0.15) is 11.5 Å². The normalized spacial score (nSPS) is 10.9. The van der Waals surface area contributed by atoms with Crippen LogP contribution in [0.5, 0.6) is 11.5 Å². The molecule has 0 N–H and O–H groups in total. The minimum atomic E-state index is -0.338. The molecule has 1 heterocycles. The van der Waals surface area contributed by atoms with Gasteiger partial charge in [0.25, 0.3) is 0 Å². The Balaban J connectivity index is 1.77. The van der Waals surface area contributed by atoms with Gasteiger partial charge in [-0.15, -0.1) is 0 Å². The SMILES string of the molecule is CCc1ccc(Cn2ccc3c(-c4ccc(OC)cc4)c(OC(=O)N(CC)CC)ccc32)cc1. The molecular formula is C29H32N2O3. The number of fused-ring (bicyclic) bond motifs is 1. The van der Waals surface area contributed by atoms with E-state index in [0.717, 1.165) is 40.7 Å². The molecule has 0 aliphatic heterocycles. The summed E-state index contributed by atoms with van der Waals surface area (Å²) >= 11 is 0.